The first-order valence-corrected chi connectivity index (χ1v) is 10.6. The van der Waals surface area contributed by atoms with Gasteiger partial charge in [0.2, 0.25) is 11.9 Å². The Morgan fingerprint density at radius 1 is 1.10 bits per heavy atom. The van der Waals surface area contributed by atoms with E-state index in [0.29, 0.717) is 63.1 Å². The lowest BCUT2D eigenvalue weighted by atomic mass is 10.2. The largest absolute Gasteiger partial charge is 0.366 e. The average Bonchev–Trinajstić information content (AvgIpc) is 3.33. The zero-order valence-electron chi connectivity index (χ0n) is 17.8. The smallest absolute Gasteiger partial charge is 0.273 e. The van der Waals surface area contributed by atoms with Crippen LogP contribution >= 0.6 is 0 Å². The van der Waals surface area contributed by atoms with Gasteiger partial charge in [-0.05, 0) is 26.7 Å². The Morgan fingerprint density at radius 3 is 2.40 bits per heavy atom. The van der Waals surface area contributed by atoms with Gasteiger partial charge >= 0.3 is 0 Å². The third-order valence-electron chi connectivity index (χ3n) is 6.31. The molecule has 164 valence electrons. The molecule has 3 aliphatic heterocycles. The summed E-state index contributed by atoms with van der Waals surface area (Å²) in [6, 6.07) is -0.422. The maximum atomic E-state index is 13.0. The molecule has 0 bridgehead atoms. The van der Waals surface area contributed by atoms with Crippen molar-refractivity contribution in [1.29, 1.82) is 0 Å². The number of piperazine rings is 1. The third kappa shape index (κ3) is 3.58. The minimum Gasteiger partial charge on any atom is -0.366 e. The molecule has 4 heterocycles. The zero-order chi connectivity index (χ0) is 21.6. The van der Waals surface area contributed by atoms with Gasteiger partial charge in [0.25, 0.3) is 5.91 Å². The first-order chi connectivity index (χ1) is 14.3. The van der Waals surface area contributed by atoms with Crippen molar-refractivity contribution in [3.05, 3.63) is 11.3 Å². The average molecular weight is 418 g/mol. The van der Waals surface area contributed by atoms with E-state index < -0.39 is 12.3 Å². The van der Waals surface area contributed by atoms with Crippen molar-refractivity contribution < 1.29 is 19.8 Å². The van der Waals surface area contributed by atoms with Gasteiger partial charge in [-0.3, -0.25) is 9.59 Å². The summed E-state index contributed by atoms with van der Waals surface area (Å²) in [6.07, 6.45) is 0.0134. The Kier molecular flexibility index (Phi) is 5.54. The summed E-state index contributed by atoms with van der Waals surface area (Å²) in [6.45, 7) is 8.91. The zero-order valence-corrected chi connectivity index (χ0v) is 17.8. The second-order valence-corrected chi connectivity index (χ2v) is 8.51. The Morgan fingerprint density at radius 2 is 1.80 bits per heavy atom. The monoisotopic (exact) mass is 418 g/mol. The number of rotatable bonds is 4. The van der Waals surface area contributed by atoms with E-state index in [4.69, 9.17) is 4.98 Å². The van der Waals surface area contributed by atoms with Crippen LogP contribution in [0.3, 0.4) is 0 Å². The third-order valence-corrected chi connectivity index (χ3v) is 6.31. The fraction of sp³-hybridized carbons (Fsp3) is 0.700. The fourth-order valence-corrected chi connectivity index (χ4v) is 4.54. The molecule has 2 saturated heterocycles. The van der Waals surface area contributed by atoms with E-state index in [0.717, 1.165) is 12.0 Å². The molecule has 30 heavy (non-hydrogen) atoms. The molecule has 10 heteroatoms. The SMILES string of the molecule is CC(=O)N1CCN(c2nc3c(c(N4CCC[C@@H]4C(O)O)n2)CN(C(C)C)C3=O)CC1. The number of nitrogens with zero attached hydrogens (tertiary/aromatic N) is 6. The lowest BCUT2D eigenvalue weighted by molar-refractivity contribution is -0.129. The number of fused-ring (bicyclic) bond motifs is 1. The Balaban J connectivity index is 1.72. The predicted molar refractivity (Wildman–Crippen MR) is 110 cm³/mol. The molecule has 2 fully saturated rings. The van der Waals surface area contributed by atoms with Crippen LogP contribution in [0.4, 0.5) is 11.8 Å². The van der Waals surface area contributed by atoms with Crippen molar-refractivity contribution in [2.45, 2.75) is 58.5 Å². The van der Waals surface area contributed by atoms with Crippen molar-refractivity contribution >= 4 is 23.6 Å². The van der Waals surface area contributed by atoms with Gasteiger partial charge in [-0.25, -0.2) is 4.98 Å². The lowest BCUT2D eigenvalue weighted by Gasteiger charge is -2.35. The van der Waals surface area contributed by atoms with E-state index in [9.17, 15) is 19.8 Å². The number of amides is 2. The molecule has 0 spiro atoms. The Hall–Kier alpha value is -2.46. The van der Waals surface area contributed by atoms with Gasteiger partial charge in [-0.2, -0.15) is 4.98 Å². The van der Waals surface area contributed by atoms with Crippen LogP contribution in [0.25, 0.3) is 0 Å². The number of carbonyl (C=O) groups is 2. The van der Waals surface area contributed by atoms with E-state index >= 15 is 0 Å². The molecule has 1 aromatic heterocycles. The Bertz CT molecular complexity index is 837. The van der Waals surface area contributed by atoms with Crippen molar-refractivity contribution in [1.82, 2.24) is 19.8 Å². The van der Waals surface area contributed by atoms with Gasteiger partial charge in [0.15, 0.2) is 6.29 Å². The first kappa shape index (κ1) is 20.8. The molecule has 4 rings (SSSR count). The first-order valence-electron chi connectivity index (χ1n) is 10.6. The summed E-state index contributed by atoms with van der Waals surface area (Å²) < 4.78 is 0. The van der Waals surface area contributed by atoms with E-state index in [1.54, 1.807) is 16.7 Å². The van der Waals surface area contributed by atoms with E-state index in [1.807, 2.05) is 23.6 Å². The standard InChI is InChI=1S/C20H30N6O4/c1-12(2)26-11-14-16(18(26)28)21-20(24-9-7-23(8-10-24)13(3)27)22-17(14)25-6-4-5-15(25)19(29)30/h12,15,19,29-30H,4-11H2,1-3H3/t15-/m1/s1. The van der Waals surface area contributed by atoms with Crippen LogP contribution in [0.15, 0.2) is 0 Å². The van der Waals surface area contributed by atoms with Crippen molar-refractivity contribution in [3.63, 3.8) is 0 Å². The lowest BCUT2D eigenvalue weighted by Crippen LogP contribution is -2.49. The summed E-state index contributed by atoms with van der Waals surface area (Å²) in [5.74, 6) is 1.01. The van der Waals surface area contributed by atoms with Gasteiger partial charge < -0.3 is 29.8 Å². The van der Waals surface area contributed by atoms with Gasteiger partial charge in [0, 0.05) is 51.3 Å². The molecule has 0 aliphatic carbocycles. The molecule has 3 aliphatic rings. The minimum atomic E-state index is -1.47. The number of hydrogen-bond acceptors (Lipinski definition) is 8. The summed E-state index contributed by atoms with van der Waals surface area (Å²) in [4.78, 5) is 41.6. The van der Waals surface area contributed by atoms with E-state index in [1.165, 1.54) is 0 Å². The van der Waals surface area contributed by atoms with Crippen molar-refractivity contribution in [2.24, 2.45) is 0 Å². The molecular formula is C20H30N6O4. The second kappa shape index (κ2) is 7.99. The van der Waals surface area contributed by atoms with E-state index in [-0.39, 0.29) is 17.9 Å². The number of hydrogen-bond donors (Lipinski definition) is 2. The molecule has 0 aromatic carbocycles. The van der Waals surface area contributed by atoms with Crippen LogP contribution < -0.4 is 9.80 Å². The molecule has 0 unspecified atom stereocenters. The highest BCUT2D eigenvalue weighted by Crippen LogP contribution is 2.36. The van der Waals surface area contributed by atoms with Crippen LogP contribution in [0.2, 0.25) is 0 Å². The van der Waals surface area contributed by atoms with Crippen LogP contribution in [-0.2, 0) is 11.3 Å². The molecule has 10 nitrogen and oxygen atoms in total. The maximum Gasteiger partial charge on any atom is 0.273 e. The van der Waals surface area contributed by atoms with Gasteiger partial charge in [0.1, 0.15) is 11.5 Å². The number of aliphatic hydroxyl groups is 2. The number of anilines is 2. The number of carbonyl (C=O) groups excluding carboxylic acids is 2. The number of aromatic nitrogens is 2. The van der Waals surface area contributed by atoms with Gasteiger partial charge in [-0.1, -0.05) is 0 Å². The quantitative estimate of drug-likeness (QED) is 0.646. The van der Waals surface area contributed by atoms with Crippen LogP contribution in [0.5, 0.6) is 0 Å². The van der Waals surface area contributed by atoms with Crippen LogP contribution in [0.1, 0.15) is 49.7 Å². The molecule has 0 radical (unpaired) electrons. The summed E-state index contributed by atoms with van der Waals surface area (Å²) >= 11 is 0. The highest BCUT2D eigenvalue weighted by atomic mass is 16.5. The molecule has 2 N–H and O–H groups in total. The maximum absolute atomic E-state index is 13.0. The molecular weight excluding hydrogens is 388 g/mol. The second-order valence-electron chi connectivity index (χ2n) is 8.51. The fourth-order valence-electron chi connectivity index (χ4n) is 4.54. The highest BCUT2D eigenvalue weighted by Gasteiger charge is 2.39. The predicted octanol–water partition coefficient (Wildman–Crippen LogP) is -0.211. The molecule has 0 saturated carbocycles. The van der Waals surface area contributed by atoms with Gasteiger partial charge in [-0.15, -0.1) is 0 Å². The van der Waals surface area contributed by atoms with Gasteiger partial charge in [0.05, 0.1) is 12.6 Å². The topological polar surface area (TPSA) is 113 Å². The number of aliphatic hydroxyl groups excluding tert-OH is 1. The summed E-state index contributed by atoms with van der Waals surface area (Å²) in [5, 5.41) is 19.7. The highest BCUT2D eigenvalue weighted by molar-refractivity contribution is 5.98. The van der Waals surface area contributed by atoms with Crippen LogP contribution in [-0.4, -0.2) is 92.9 Å². The normalized spacial score (nSPS) is 22.0. The molecule has 2 amide bonds. The van der Waals surface area contributed by atoms with Crippen molar-refractivity contribution in [3.8, 4) is 0 Å². The Labute approximate surface area is 176 Å². The van der Waals surface area contributed by atoms with Crippen LogP contribution in [0, 0.1) is 0 Å². The molecule has 1 aromatic rings. The minimum absolute atomic E-state index is 0.0277. The summed E-state index contributed by atoms with van der Waals surface area (Å²) in [7, 11) is 0. The van der Waals surface area contributed by atoms with E-state index in [2.05, 4.69) is 4.98 Å². The summed E-state index contributed by atoms with van der Waals surface area (Å²) in [5.41, 5.74) is 1.16. The van der Waals surface area contributed by atoms with Crippen molar-refractivity contribution in [2.75, 3.05) is 42.5 Å². The molecule has 1 atom stereocenters.